The average Bonchev–Trinajstić information content (AvgIpc) is 1.55. The van der Waals surface area contributed by atoms with Gasteiger partial charge in [0.25, 0.3) is 0 Å². The van der Waals surface area contributed by atoms with Crippen LogP contribution in [0.5, 0.6) is 0 Å². The van der Waals surface area contributed by atoms with Crippen molar-refractivity contribution in [1.82, 2.24) is 0 Å². The zero-order chi connectivity index (χ0) is 9.12. The van der Waals surface area contributed by atoms with Crippen LogP contribution in [0.3, 0.4) is 0 Å². The van der Waals surface area contributed by atoms with Crippen LogP contribution in [0, 0.1) is 0 Å². The maximum atomic E-state index is 2.34. The molecule has 0 aromatic carbocycles. The van der Waals surface area contributed by atoms with Gasteiger partial charge in [0.05, 0.1) is 0 Å². The van der Waals surface area contributed by atoms with Gasteiger partial charge in [-0.2, -0.15) is 0 Å². The minimum atomic E-state index is 0.566. The summed E-state index contributed by atoms with van der Waals surface area (Å²) in [5.74, 6) is 0. The third-order valence-corrected chi connectivity index (χ3v) is 10.1. The Morgan fingerprint density at radius 1 is 0.636 bits per heavy atom. The second-order valence-electron chi connectivity index (χ2n) is 4.88. The van der Waals surface area contributed by atoms with Crippen molar-refractivity contribution < 1.29 is 0 Å². The predicted octanol–water partition coefficient (Wildman–Crippen LogP) is 2.37. The summed E-state index contributed by atoms with van der Waals surface area (Å²) in [7, 11) is 3.50. The highest BCUT2D eigenvalue weighted by molar-refractivity contribution is 7.30. The highest BCUT2D eigenvalue weighted by atomic mass is 29.5. The van der Waals surface area contributed by atoms with Crippen molar-refractivity contribution in [3.63, 3.8) is 0 Å². The third kappa shape index (κ3) is 10.7. The van der Waals surface area contributed by atoms with Crippen molar-refractivity contribution in [3.8, 4) is 0 Å². The summed E-state index contributed by atoms with van der Waals surface area (Å²) in [6.45, 7) is 14.0. The molecule has 3 heteroatoms. The van der Waals surface area contributed by atoms with E-state index in [2.05, 4.69) is 41.5 Å². The van der Waals surface area contributed by atoms with Crippen LogP contribution >= 0.6 is 0 Å². The molecule has 0 atom stereocenters. The average molecular weight is 198 g/mol. The van der Waals surface area contributed by atoms with E-state index >= 15 is 0 Å². The fourth-order valence-corrected chi connectivity index (χ4v) is 11.0. The van der Waals surface area contributed by atoms with Crippen molar-refractivity contribution in [3.05, 3.63) is 0 Å². The molecule has 0 heterocycles. The van der Waals surface area contributed by atoms with E-state index in [-0.39, 0.29) is 0 Å². The Balaban J connectivity index is 3.44. The van der Waals surface area contributed by atoms with Gasteiger partial charge in [0.1, 0.15) is 0 Å². The fraction of sp³-hybridized carbons (Fsp3) is 1.00. The molecule has 0 saturated heterocycles. The Morgan fingerprint density at radius 2 is 0.909 bits per heavy atom. The first kappa shape index (κ1) is 11.7. The van der Waals surface area contributed by atoms with Crippen molar-refractivity contribution in [2.45, 2.75) is 51.6 Å². The van der Waals surface area contributed by atoms with Gasteiger partial charge < -0.3 is 0 Å². The van der Waals surface area contributed by atoms with E-state index < -0.39 is 0 Å². The molecule has 0 saturated carbocycles. The van der Waals surface area contributed by atoms with Crippen molar-refractivity contribution in [1.29, 1.82) is 0 Å². The summed E-state index contributed by atoms with van der Waals surface area (Å²) in [4.78, 5) is 0. The summed E-state index contributed by atoms with van der Waals surface area (Å²) < 4.78 is 0. The lowest BCUT2D eigenvalue weighted by atomic mass is 10.3. The van der Waals surface area contributed by atoms with Gasteiger partial charge in [-0.3, -0.25) is 0 Å². The molecular weight excluding hydrogens is 180 g/mol. The molecule has 62 valence electrons. The van der Waals surface area contributed by atoms with Crippen LogP contribution in [-0.2, 0) is 0 Å². The molecule has 0 aliphatic heterocycles. The van der Waals surface area contributed by atoms with Crippen molar-refractivity contribution in [2.75, 3.05) is 0 Å². The fourth-order valence-electron chi connectivity index (χ4n) is 0.406. The van der Waals surface area contributed by atoms with Gasteiger partial charge in [-0.1, -0.05) is 41.5 Å². The van der Waals surface area contributed by atoms with Crippen LogP contribution in [0.1, 0.15) is 41.5 Å². The quantitative estimate of drug-likeness (QED) is 0.598. The molecule has 0 fully saturated rings. The van der Waals surface area contributed by atoms with E-state index in [9.17, 15) is 0 Å². The number of hydrogen-bond acceptors (Lipinski definition) is 0. The van der Waals surface area contributed by atoms with Crippen LogP contribution in [-0.4, -0.2) is 26.6 Å². The zero-order valence-electron chi connectivity index (χ0n) is 8.50. The lowest BCUT2D eigenvalue weighted by molar-refractivity contribution is 0.759. The predicted molar refractivity (Wildman–Crippen MR) is 56.7 cm³/mol. The topological polar surface area (TPSA) is 0 Å². The Morgan fingerprint density at radius 3 is 1.09 bits per heavy atom. The molecule has 0 bridgehead atoms. The molecule has 11 heavy (non-hydrogen) atoms. The molecule has 0 aromatic rings. The van der Waals surface area contributed by atoms with Gasteiger partial charge in [-0.15, -0.1) is 0 Å². The van der Waals surface area contributed by atoms with Gasteiger partial charge in [-0.05, 0) is 10.1 Å². The van der Waals surface area contributed by atoms with Crippen molar-refractivity contribution >= 4 is 26.6 Å². The van der Waals surface area contributed by atoms with E-state index in [1.54, 1.807) is 0 Å². The van der Waals surface area contributed by atoms with E-state index in [4.69, 9.17) is 0 Å². The van der Waals surface area contributed by atoms with Crippen LogP contribution in [0.2, 0.25) is 10.1 Å². The monoisotopic (exact) mass is 198 g/mol. The molecule has 0 rings (SSSR count). The minimum Gasteiger partial charge on any atom is -0.0633 e. The third-order valence-electron chi connectivity index (χ3n) is 0.875. The van der Waals surface area contributed by atoms with Gasteiger partial charge in [-0.25, -0.2) is 0 Å². The Hall–Kier alpha value is 0.651. The molecule has 0 N–H and O–H groups in total. The summed E-state index contributed by atoms with van der Waals surface area (Å²) in [5, 5.41) is 1.13. The second-order valence-corrected chi connectivity index (χ2v) is 13.1. The van der Waals surface area contributed by atoms with E-state index in [1.807, 2.05) is 0 Å². The largest absolute Gasteiger partial charge is 0.0633 e. The summed E-state index contributed by atoms with van der Waals surface area (Å²) in [6, 6.07) is 0. The highest BCUT2D eigenvalue weighted by Gasteiger charge is 2.16. The molecule has 0 amide bonds. The van der Waals surface area contributed by atoms with Crippen LogP contribution in [0.4, 0.5) is 0 Å². The maximum Gasteiger partial charge on any atom is 0.0257 e. The lowest BCUT2D eigenvalue weighted by Crippen LogP contribution is -2.26. The van der Waals surface area contributed by atoms with Crippen molar-refractivity contribution in [2.24, 2.45) is 0 Å². The summed E-state index contributed by atoms with van der Waals surface area (Å²) in [5.41, 5.74) is 0. The Bertz CT molecular complexity index is 93.5. The van der Waals surface area contributed by atoms with Gasteiger partial charge in [0, 0.05) is 26.6 Å². The second kappa shape index (κ2) is 4.05. The minimum absolute atomic E-state index is 0.566. The molecule has 0 aliphatic rings. The normalized spacial score (nSPS) is 13.6. The molecular formula is C8H18Si3. The first-order chi connectivity index (χ1) is 4.71. The highest BCUT2D eigenvalue weighted by Crippen LogP contribution is 2.22. The lowest BCUT2D eigenvalue weighted by Gasteiger charge is -2.20. The first-order valence-electron chi connectivity index (χ1n) is 4.00. The molecule has 6 radical (unpaired) electrons. The van der Waals surface area contributed by atoms with E-state index in [1.165, 1.54) is 8.55 Å². The van der Waals surface area contributed by atoms with E-state index in [0.717, 1.165) is 18.1 Å². The van der Waals surface area contributed by atoms with Crippen LogP contribution < -0.4 is 0 Å². The van der Waals surface area contributed by atoms with Crippen LogP contribution in [0.25, 0.3) is 0 Å². The molecule has 0 unspecified atom stereocenters. The first-order valence-corrected chi connectivity index (χ1v) is 9.00. The molecule has 0 nitrogen and oxygen atoms in total. The van der Waals surface area contributed by atoms with Gasteiger partial charge in [0.2, 0.25) is 0 Å². The Labute approximate surface area is 78.6 Å². The molecule has 0 spiro atoms. The van der Waals surface area contributed by atoms with Crippen LogP contribution in [0.15, 0.2) is 0 Å². The number of hydrogen-bond donors (Lipinski definition) is 0. The standard InChI is InChI=1S/C8H18Si3/c1-7(2,3)9-11-10-8(4,5)6/h1-6H3. The number of rotatable bonds is 2. The van der Waals surface area contributed by atoms with Gasteiger partial charge >= 0.3 is 0 Å². The summed E-state index contributed by atoms with van der Waals surface area (Å²) >= 11 is 0. The molecule has 0 aliphatic carbocycles. The SMILES string of the molecule is CC(C)(C)[Si][Si][Si]C(C)(C)C. The Kier molecular flexibility index (Phi) is 4.29. The van der Waals surface area contributed by atoms with E-state index in [0.29, 0.717) is 10.1 Å². The van der Waals surface area contributed by atoms with Gasteiger partial charge in [0.15, 0.2) is 0 Å². The zero-order valence-corrected chi connectivity index (χ0v) is 11.5. The smallest absolute Gasteiger partial charge is 0.0257 e. The maximum absolute atomic E-state index is 2.34. The summed E-state index contributed by atoms with van der Waals surface area (Å²) in [6.07, 6.45) is 0. The molecule has 0 aromatic heterocycles.